The molecule has 1 aromatic carbocycles. The quantitative estimate of drug-likeness (QED) is 0.793. The third kappa shape index (κ3) is 5.33. The van der Waals surface area contributed by atoms with Gasteiger partial charge in [0.25, 0.3) is 0 Å². The molecular formula is C15H21NO5. The summed E-state index contributed by atoms with van der Waals surface area (Å²) < 4.78 is 5.07. The standard InChI is InChI=1S/C15H21NO5/c1-9(10-5-7-11(17)8-6-10)12(13(18)19)16-14(20)21-15(2,3)4/h5-9,12,17H,1-4H3,(H,16,20)(H,18,19)/t9-,12-/m1/s1. The zero-order valence-electron chi connectivity index (χ0n) is 12.6. The van der Waals surface area contributed by atoms with Crippen molar-refractivity contribution in [2.24, 2.45) is 0 Å². The number of carboxylic acid groups (broad SMARTS) is 1. The van der Waals surface area contributed by atoms with Crippen molar-refractivity contribution in [2.45, 2.75) is 45.3 Å². The number of benzene rings is 1. The molecule has 1 amide bonds. The van der Waals surface area contributed by atoms with E-state index in [1.165, 1.54) is 12.1 Å². The Morgan fingerprint density at radius 1 is 1.19 bits per heavy atom. The molecule has 0 spiro atoms. The van der Waals surface area contributed by atoms with Crippen molar-refractivity contribution in [1.82, 2.24) is 5.32 Å². The van der Waals surface area contributed by atoms with E-state index < -0.39 is 29.6 Å². The van der Waals surface area contributed by atoms with Crippen LogP contribution in [0.15, 0.2) is 24.3 Å². The number of phenols is 1. The summed E-state index contributed by atoms with van der Waals surface area (Å²) >= 11 is 0. The third-order valence-corrected chi connectivity index (χ3v) is 2.86. The summed E-state index contributed by atoms with van der Waals surface area (Å²) in [6.07, 6.45) is -0.777. The Balaban J connectivity index is 2.84. The molecule has 2 atom stereocenters. The van der Waals surface area contributed by atoms with Crippen LogP contribution in [0.5, 0.6) is 5.75 Å². The lowest BCUT2D eigenvalue weighted by Gasteiger charge is -2.25. The van der Waals surface area contributed by atoms with Crippen LogP contribution in [0.25, 0.3) is 0 Å². The van der Waals surface area contributed by atoms with Gasteiger partial charge in [0.15, 0.2) is 0 Å². The minimum absolute atomic E-state index is 0.0953. The average Bonchev–Trinajstić information content (AvgIpc) is 2.33. The average molecular weight is 295 g/mol. The van der Waals surface area contributed by atoms with Crippen LogP contribution < -0.4 is 5.32 Å². The van der Waals surface area contributed by atoms with Gasteiger partial charge in [-0.25, -0.2) is 9.59 Å². The van der Waals surface area contributed by atoms with Gasteiger partial charge >= 0.3 is 12.1 Å². The molecule has 0 aliphatic rings. The summed E-state index contributed by atoms with van der Waals surface area (Å²) in [5, 5.41) is 20.9. The number of amides is 1. The van der Waals surface area contributed by atoms with E-state index in [-0.39, 0.29) is 5.75 Å². The second kappa shape index (κ2) is 6.47. The largest absolute Gasteiger partial charge is 0.508 e. The number of aliphatic carboxylic acids is 1. The van der Waals surface area contributed by atoms with E-state index in [0.717, 1.165) is 0 Å². The summed E-state index contributed by atoms with van der Waals surface area (Å²) in [6, 6.07) is 5.06. The Morgan fingerprint density at radius 3 is 2.14 bits per heavy atom. The van der Waals surface area contributed by atoms with Gasteiger partial charge in [-0.3, -0.25) is 0 Å². The van der Waals surface area contributed by atoms with E-state index >= 15 is 0 Å². The van der Waals surface area contributed by atoms with Crippen LogP contribution in [0.1, 0.15) is 39.2 Å². The maximum atomic E-state index is 11.7. The minimum Gasteiger partial charge on any atom is -0.508 e. The number of rotatable bonds is 4. The molecular weight excluding hydrogens is 274 g/mol. The lowest BCUT2D eigenvalue weighted by atomic mass is 9.93. The van der Waals surface area contributed by atoms with Crippen molar-refractivity contribution >= 4 is 12.1 Å². The summed E-state index contributed by atoms with van der Waals surface area (Å²) in [7, 11) is 0. The van der Waals surface area contributed by atoms with Crippen molar-refractivity contribution in [3.8, 4) is 5.75 Å². The number of phenolic OH excluding ortho intramolecular Hbond substituents is 1. The van der Waals surface area contributed by atoms with E-state index in [2.05, 4.69) is 5.32 Å². The van der Waals surface area contributed by atoms with Crippen LogP contribution in [-0.2, 0) is 9.53 Å². The fourth-order valence-electron chi connectivity index (χ4n) is 1.81. The highest BCUT2D eigenvalue weighted by atomic mass is 16.6. The molecule has 0 saturated heterocycles. The molecule has 116 valence electrons. The molecule has 0 aliphatic heterocycles. The molecule has 0 unspecified atom stereocenters. The van der Waals surface area contributed by atoms with Gasteiger partial charge in [0.1, 0.15) is 17.4 Å². The Kier molecular flexibility index (Phi) is 5.18. The normalized spacial score (nSPS) is 14.1. The molecule has 6 heteroatoms. The van der Waals surface area contributed by atoms with Gasteiger partial charge in [-0.2, -0.15) is 0 Å². The third-order valence-electron chi connectivity index (χ3n) is 2.86. The van der Waals surface area contributed by atoms with Crippen molar-refractivity contribution in [1.29, 1.82) is 0 Å². The predicted molar refractivity (Wildman–Crippen MR) is 77.3 cm³/mol. The Morgan fingerprint density at radius 2 is 1.71 bits per heavy atom. The number of carboxylic acids is 1. The summed E-state index contributed by atoms with van der Waals surface area (Å²) in [5.74, 6) is -1.53. The summed E-state index contributed by atoms with van der Waals surface area (Å²) in [5.41, 5.74) is -0.00851. The number of hydrogen-bond donors (Lipinski definition) is 3. The first-order chi connectivity index (χ1) is 9.60. The zero-order valence-corrected chi connectivity index (χ0v) is 12.6. The van der Waals surface area contributed by atoms with Crippen LogP contribution >= 0.6 is 0 Å². The maximum Gasteiger partial charge on any atom is 0.408 e. The molecule has 21 heavy (non-hydrogen) atoms. The van der Waals surface area contributed by atoms with Crippen LogP contribution in [0.3, 0.4) is 0 Å². The SMILES string of the molecule is C[C@H](c1ccc(O)cc1)[C@@H](NC(=O)OC(C)(C)C)C(=O)O. The Hall–Kier alpha value is -2.24. The van der Waals surface area contributed by atoms with E-state index in [1.807, 2.05) is 0 Å². The van der Waals surface area contributed by atoms with Crippen LogP contribution in [-0.4, -0.2) is 33.9 Å². The fourth-order valence-corrected chi connectivity index (χ4v) is 1.81. The van der Waals surface area contributed by atoms with Crippen molar-refractivity contribution < 1.29 is 24.5 Å². The fraction of sp³-hybridized carbons (Fsp3) is 0.467. The Bertz CT molecular complexity index is 504. The molecule has 0 fully saturated rings. The second-order valence-corrected chi connectivity index (χ2v) is 5.84. The highest BCUT2D eigenvalue weighted by Crippen LogP contribution is 2.22. The van der Waals surface area contributed by atoms with Crippen molar-refractivity contribution in [2.75, 3.05) is 0 Å². The van der Waals surface area contributed by atoms with Gasteiger partial charge in [0.2, 0.25) is 0 Å². The number of alkyl carbamates (subject to hydrolysis) is 1. The minimum atomic E-state index is -1.15. The molecule has 1 aromatic rings. The van der Waals surface area contributed by atoms with Crippen LogP contribution in [0.2, 0.25) is 0 Å². The smallest absolute Gasteiger partial charge is 0.408 e. The first-order valence-corrected chi connectivity index (χ1v) is 6.61. The lowest BCUT2D eigenvalue weighted by Crippen LogP contribution is -2.46. The second-order valence-electron chi connectivity index (χ2n) is 5.84. The highest BCUT2D eigenvalue weighted by Gasteiger charge is 2.29. The number of hydrogen-bond acceptors (Lipinski definition) is 4. The highest BCUT2D eigenvalue weighted by molar-refractivity contribution is 5.81. The predicted octanol–water partition coefficient (Wildman–Crippen LogP) is 2.47. The molecule has 0 aromatic heterocycles. The lowest BCUT2D eigenvalue weighted by molar-refractivity contribution is -0.140. The Labute approximate surface area is 123 Å². The van der Waals surface area contributed by atoms with Crippen molar-refractivity contribution in [3.63, 3.8) is 0 Å². The van der Waals surface area contributed by atoms with Gasteiger partial charge in [-0.15, -0.1) is 0 Å². The molecule has 0 aliphatic carbocycles. The zero-order chi connectivity index (χ0) is 16.2. The van der Waals surface area contributed by atoms with E-state index in [9.17, 15) is 19.8 Å². The van der Waals surface area contributed by atoms with Gasteiger partial charge in [0.05, 0.1) is 0 Å². The van der Waals surface area contributed by atoms with Gasteiger partial charge < -0.3 is 20.3 Å². The number of carbonyl (C=O) groups is 2. The van der Waals surface area contributed by atoms with Crippen LogP contribution in [0.4, 0.5) is 4.79 Å². The molecule has 1 rings (SSSR count). The van der Waals surface area contributed by atoms with Gasteiger partial charge in [0, 0.05) is 5.92 Å². The van der Waals surface area contributed by atoms with Crippen molar-refractivity contribution in [3.05, 3.63) is 29.8 Å². The number of carbonyl (C=O) groups excluding carboxylic acids is 1. The molecule has 0 saturated carbocycles. The topological polar surface area (TPSA) is 95.9 Å². The first kappa shape index (κ1) is 16.8. The summed E-state index contributed by atoms with van der Waals surface area (Å²) in [4.78, 5) is 23.1. The molecule has 3 N–H and O–H groups in total. The monoisotopic (exact) mass is 295 g/mol. The number of ether oxygens (including phenoxy) is 1. The van der Waals surface area contributed by atoms with Gasteiger partial charge in [-0.1, -0.05) is 19.1 Å². The molecule has 0 bridgehead atoms. The maximum absolute atomic E-state index is 11.7. The van der Waals surface area contributed by atoms with E-state index in [1.54, 1.807) is 39.8 Å². The first-order valence-electron chi connectivity index (χ1n) is 6.61. The van der Waals surface area contributed by atoms with E-state index in [4.69, 9.17) is 4.74 Å². The van der Waals surface area contributed by atoms with Gasteiger partial charge in [-0.05, 0) is 38.5 Å². The number of aromatic hydroxyl groups is 1. The molecule has 0 radical (unpaired) electrons. The molecule has 6 nitrogen and oxygen atoms in total. The van der Waals surface area contributed by atoms with Crippen LogP contribution in [0, 0.1) is 0 Å². The summed E-state index contributed by atoms with van der Waals surface area (Å²) in [6.45, 7) is 6.78. The molecule has 0 heterocycles. The number of nitrogens with one attached hydrogen (secondary N) is 1. The van der Waals surface area contributed by atoms with E-state index in [0.29, 0.717) is 5.56 Å².